The van der Waals surface area contributed by atoms with Crippen molar-refractivity contribution in [2.24, 2.45) is 0 Å². The Balaban J connectivity index is 3.52. The second kappa shape index (κ2) is 5.13. The third-order valence-electron chi connectivity index (χ3n) is 0.687. The van der Waals surface area contributed by atoms with Crippen molar-refractivity contribution >= 4 is 10.1 Å². The molecule has 0 saturated heterocycles. The number of ether oxygens (including phenoxy) is 1. The Bertz CT molecular complexity index is 243. The lowest BCUT2D eigenvalue weighted by Crippen LogP contribution is -2.02. The molecule has 0 amide bonds. The van der Waals surface area contributed by atoms with E-state index in [9.17, 15) is 8.42 Å². The fourth-order valence-electron chi connectivity index (χ4n) is 0.311. The van der Waals surface area contributed by atoms with Crippen molar-refractivity contribution < 1.29 is 17.3 Å². The van der Waals surface area contributed by atoms with E-state index in [4.69, 9.17) is 0 Å². The highest BCUT2D eigenvalue weighted by Crippen LogP contribution is 1.83. The largest absolute Gasteiger partial charge is 0.372 e. The van der Waals surface area contributed by atoms with Crippen LogP contribution in [0.25, 0.3) is 0 Å². The van der Waals surface area contributed by atoms with Crippen LogP contribution in [-0.4, -0.2) is 35.0 Å². The van der Waals surface area contributed by atoms with E-state index in [1.54, 1.807) is 0 Å². The molecule has 0 aromatic rings. The van der Waals surface area contributed by atoms with E-state index in [0.29, 0.717) is 0 Å². The van der Waals surface area contributed by atoms with E-state index in [1.807, 2.05) is 0 Å². The summed E-state index contributed by atoms with van der Waals surface area (Å²) in [6.45, 7) is 0.176. The maximum atomic E-state index is 10.3. The molecule has 0 aliphatic rings. The molecule has 4 nitrogen and oxygen atoms in total. The third kappa shape index (κ3) is 9.43. The van der Waals surface area contributed by atoms with E-state index in [1.165, 1.54) is 7.11 Å². The van der Waals surface area contributed by atoms with Gasteiger partial charge in [-0.25, -0.2) is 0 Å². The second-order valence-corrected chi connectivity index (χ2v) is 3.40. The van der Waals surface area contributed by atoms with Crippen molar-refractivity contribution in [2.75, 3.05) is 26.6 Å². The quantitative estimate of drug-likeness (QED) is 0.436. The second-order valence-electron chi connectivity index (χ2n) is 1.75. The Morgan fingerprint density at radius 3 is 2.27 bits per heavy atom. The first kappa shape index (κ1) is 10.4. The van der Waals surface area contributed by atoms with Gasteiger partial charge in [0, 0.05) is 7.11 Å². The first-order chi connectivity index (χ1) is 5.06. The van der Waals surface area contributed by atoms with Gasteiger partial charge in [-0.3, -0.25) is 4.18 Å². The lowest BCUT2D eigenvalue weighted by molar-refractivity contribution is 0.239. The fourth-order valence-corrected chi connectivity index (χ4v) is 0.584. The molecule has 0 bridgehead atoms. The molecule has 0 saturated carbocycles. The Morgan fingerprint density at radius 2 is 1.82 bits per heavy atom. The molecule has 0 aliphatic carbocycles. The van der Waals surface area contributed by atoms with E-state index >= 15 is 0 Å². The molecule has 0 aromatic heterocycles. The third-order valence-corrected chi connectivity index (χ3v) is 1.23. The average molecular weight is 178 g/mol. The van der Waals surface area contributed by atoms with E-state index in [2.05, 4.69) is 20.8 Å². The average Bonchev–Trinajstić information content (AvgIpc) is 1.85. The van der Waals surface area contributed by atoms with Crippen LogP contribution in [0.2, 0.25) is 0 Å². The fraction of sp³-hybridized carbons (Fsp3) is 0.667. The molecule has 0 rings (SSSR count). The zero-order valence-electron chi connectivity index (χ0n) is 6.46. The van der Waals surface area contributed by atoms with E-state index < -0.39 is 10.1 Å². The van der Waals surface area contributed by atoms with Crippen molar-refractivity contribution in [2.45, 2.75) is 0 Å². The van der Waals surface area contributed by atoms with Gasteiger partial charge in [0.25, 0.3) is 10.1 Å². The molecule has 0 atom stereocenters. The summed E-state index contributed by atoms with van der Waals surface area (Å²) >= 11 is 0. The summed E-state index contributed by atoms with van der Waals surface area (Å²) in [5.74, 6) is 5.01. The van der Waals surface area contributed by atoms with Crippen molar-refractivity contribution in [1.29, 1.82) is 0 Å². The molecule has 0 heterocycles. The monoisotopic (exact) mass is 178 g/mol. The molecule has 64 valence electrons. The normalized spacial score (nSPS) is 10.4. The number of hydrogen-bond acceptors (Lipinski definition) is 4. The summed E-state index contributed by atoms with van der Waals surface area (Å²) in [6, 6.07) is 0. The van der Waals surface area contributed by atoms with Gasteiger partial charge in [-0.2, -0.15) is 8.42 Å². The highest BCUT2D eigenvalue weighted by molar-refractivity contribution is 7.85. The predicted octanol–water partition coefficient (Wildman–Crippen LogP) is -0.388. The van der Waals surface area contributed by atoms with Crippen LogP contribution in [0.15, 0.2) is 0 Å². The molecule has 0 N–H and O–H groups in total. The van der Waals surface area contributed by atoms with Crippen LogP contribution in [0.3, 0.4) is 0 Å². The maximum absolute atomic E-state index is 10.3. The Morgan fingerprint density at radius 1 is 1.27 bits per heavy atom. The van der Waals surface area contributed by atoms with Crippen LogP contribution >= 0.6 is 0 Å². The van der Waals surface area contributed by atoms with Gasteiger partial charge in [-0.1, -0.05) is 11.8 Å². The van der Waals surface area contributed by atoms with Crippen molar-refractivity contribution in [3.8, 4) is 11.8 Å². The van der Waals surface area contributed by atoms with Crippen LogP contribution < -0.4 is 0 Å². The number of methoxy groups -OCH3 is 1. The molecule has 11 heavy (non-hydrogen) atoms. The van der Waals surface area contributed by atoms with Gasteiger partial charge in [0.2, 0.25) is 0 Å². The molecule has 0 aliphatic heterocycles. The molecule has 0 spiro atoms. The number of rotatable bonds is 3. The molecule has 0 fully saturated rings. The highest BCUT2D eigenvalue weighted by atomic mass is 32.2. The first-order valence-electron chi connectivity index (χ1n) is 2.85. The van der Waals surface area contributed by atoms with E-state index in [-0.39, 0.29) is 13.2 Å². The van der Waals surface area contributed by atoms with Gasteiger partial charge < -0.3 is 4.74 Å². The summed E-state index contributed by atoms with van der Waals surface area (Å²) in [5.41, 5.74) is 0. The van der Waals surface area contributed by atoms with Crippen LogP contribution in [0.4, 0.5) is 0 Å². The van der Waals surface area contributed by atoms with Crippen molar-refractivity contribution in [3.05, 3.63) is 0 Å². The van der Waals surface area contributed by atoms with Gasteiger partial charge in [0.15, 0.2) is 0 Å². The Labute approximate surface area is 66.6 Å². The topological polar surface area (TPSA) is 52.6 Å². The van der Waals surface area contributed by atoms with Gasteiger partial charge in [-0.05, 0) is 0 Å². The van der Waals surface area contributed by atoms with Crippen LogP contribution in [0.5, 0.6) is 0 Å². The predicted molar refractivity (Wildman–Crippen MR) is 40.4 cm³/mol. The molecule has 0 unspecified atom stereocenters. The standard InChI is InChI=1S/C6H10O4S/c1-9-5-3-4-6-10-11(2,7)8/h5-6H2,1-2H3. The molecular formula is C6H10O4S. The summed E-state index contributed by atoms with van der Waals surface area (Å²) in [6.07, 6.45) is 0.977. The van der Waals surface area contributed by atoms with Crippen molar-refractivity contribution in [3.63, 3.8) is 0 Å². The smallest absolute Gasteiger partial charge is 0.265 e. The maximum Gasteiger partial charge on any atom is 0.265 e. The van der Waals surface area contributed by atoms with Crippen molar-refractivity contribution in [1.82, 2.24) is 0 Å². The highest BCUT2D eigenvalue weighted by Gasteiger charge is 1.96. The van der Waals surface area contributed by atoms with Gasteiger partial charge >= 0.3 is 0 Å². The van der Waals surface area contributed by atoms with Crippen LogP contribution in [0.1, 0.15) is 0 Å². The molecule has 0 radical (unpaired) electrons. The van der Waals surface area contributed by atoms with Gasteiger partial charge in [-0.15, -0.1) is 0 Å². The Kier molecular flexibility index (Phi) is 4.86. The SMILES string of the molecule is COCC#CCOS(C)(=O)=O. The van der Waals surface area contributed by atoms with Gasteiger partial charge in [0.05, 0.1) is 6.26 Å². The summed E-state index contributed by atoms with van der Waals surface area (Å²) in [5, 5.41) is 0. The Hall–Kier alpha value is -0.570. The summed E-state index contributed by atoms with van der Waals surface area (Å²) in [4.78, 5) is 0. The van der Waals surface area contributed by atoms with Crippen LogP contribution in [0, 0.1) is 11.8 Å². The summed E-state index contributed by atoms with van der Waals surface area (Å²) in [7, 11) is -1.85. The number of hydrogen-bond donors (Lipinski definition) is 0. The van der Waals surface area contributed by atoms with Gasteiger partial charge in [0.1, 0.15) is 13.2 Å². The molecule has 0 aromatic carbocycles. The molecule has 5 heteroatoms. The lowest BCUT2D eigenvalue weighted by Gasteiger charge is -1.91. The molecular weight excluding hydrogens is 168 g/mol. The minimum absolute atomic E-state index is 0.109. The minimum atomic E-state index is -3.35. The summed E-state index contributed by atoms with van der Waals surface area (Å²) < 4.78 is 29.6. The lowest BCUT2D eigenvalue weighted by atomic mass is 10.6. The first-order valence-corrected chi connectivity index (χ1v) is 4.67. The van der Waals surface area contributed by atoms with Crippen LogP contribution in [-0.2, 0) is 19.0 Å². The van der Waals surface area contributed by atoms with E-state index in [0.717, 1.165) is 6.26 Å². The minimum Gasteiger partial charge on any atom is -0.372 e. The zero-order valence-corrected chi connectivity index (χ0v) is 7.27. The zero-order chi connectivity index (χ0) is 8.74.